The molecule has 0 spiro atoms. The van der Waals surface area contributed by atoms with Crippen LogP contribution in [0.25, 0.3) is 0 Å². The van der Waals surface area contributed by atoms with Crippen molar-refractivity contribution in [1.82, 2.24) is 47.9 Å². The molecule has 0 aromatic heterocycles. The highest BCUT2D eigenvalue weighted by Crippen LogP contribution is 2.28. The van der Waals surface area contributed by atoms with Crippen LogP contribution >= 0.6 is 0 Å². The molecular weight excluding hydrogens is 1080 g/mol. The second-order valence-corrected chi connectivity index (χ2v) is 21.9. The normalized spacial score (nSPS) is 23.6. The summed E-state index contributed by atoms with van der Waals surface area (Å²) >= 11 is 0. The Hall–Kier alpha value is -7.55. The van der Waals surface area contributed by atoms with Gasteiger partial charge in [-0.2, -0.15) is 0 Å². The van der Waals surface area contributed by atoms with Gasteiger partial charge in [0, 0.05) is 38.0 Å². The van der Waals surface area contributed by atoms with E-state index in [0.717, 1.165) is 25.7 Å². The van der Waals surface area contributed by atoms with Crippen LogP contribution in [-0.4, -0.2) is 157 Å². The number of hydrogen-bond donors (Lipinski definition) is 15. The van der Waals surface area contributed by atoms with Crippen molar-refractivity contribution in [3.05, 3.63) is 72.0 Å². The Kier molecular flexibility index (Phi) is 30.3. The first-order valence-electron chi connectivity index (χ1n) is 29.5. The molecule has 2 aliphatic heterocycles. The number of guanidine groups is 1. The standard InChI is InChI=1S/C58H92N16O10/c1-4-5-6-7-11-17-38(75)33-49(76)67-41(20-14-28-65-58(62)63)51(78)71-45-24-29-64-50(77)48(32-37-34-66-40-19-13-12-18-39(37)40)74-54(81)44(23-27-61)68-52(79)42(21-25-59)70-56(83)46(30-35(2)3)72-57(84)47(31-36-15-9-8-10-16-36)73-53(80)43(22-26-60)69-55(45)82/h8-10,12-13,15-16,18-19,34-35,38-39,41-48,75H,4-7,11,14,17,20-33,59-61H2,1-3H3,(H,64,77)(H,67,76)(H,68,79)(H,69,82)(H,70,83)(H,71,78)(H,72,84)(H,73,80)(H,74,81)(H4,62,63,65)/t38-,39?,41-,42+,43+,44+,45+,46+,47-,48+/m1/s1. The van der Waals surface area contributed by atoms with Crippen LogP contribution in [0.2, 0.25) is 0 Å². The Labute approximate surface area is 492 Å². The summed E-state index contributed by atoms with van der Waals surface area (Å²) in [4.78, 5) is 138. The molecule has 1 unspecified atom stereocenters. The molecule has 1 fully saturated rings. The maximum atomic E-state index is 14.7. The number of rotatable bonds is 27. The molecule has 0 saturated carbocycles. The molecule has 84 heavy (non-hydrogen) atoms. The molecule has 464 valence electrons. The van der Waals surface area contributed by atoms with Crippen molar-refractivity contribution in [2.24, 2.45) is 50.5 Å². The Bertz CT molecular complexity index is 2520. The molecule has 10 atom stereocenters. The number of fused-ring (bicyclic) bond motifs is 1. The molecule has 1 aliphatic carbocycles. The summed E-state index contributed by atoms with van der Waals surface area (Å²) in [6.45, 7) is 5.19. The summed E-state index contributed by atoms with van der Waals surface area (Å²) in [5, 5.41) is 35.3. The van der Waals surface area contributed by atoms with Crippen LogP contribution in [0.3, 0.4) is 0 Å². The summed E-state index contributed by atoms with van der Waals surface area (Å²) in [6.07, 6.45) is 12.1. The predicted molar refractivity (Wildman–Crippen MR) is 320 cm³/mol. The van der Waals surface area contributed by atoms with E-state index in [1.54, 1.807) is 36.5 Å². The number of benzene rings is 1. The summed E-state index contributed by atoms with van der Waals surface area (Å²) in [7, 11) is 0. The van der Waals surface area contributed by atoms with Gasteiger partial charge in [-0.15, -0.1) is 0 Å². The SMILES string of the molecule is CCCCCCC[C@@H](O)CC(=O)N[C@H](CCCN=C(N)N)C(=O)N[C@H]1CCNC(=O)[C@H](CC2=CN=C3C=CC=CC23)NC(=O)[C@H](CCN)NC(=O)[C@H](CCN)NC(=O)[C@H](CC(C)C)NC(=O)[C@@H](Cc2ccccc2)NC(=O)[C@H](CCN)NC1=O. The first-order chi connectivity index (χ1) is 40.3. The van der Waals surface area contributed by atoms with Crippen molar-refractivity contribution in [3.63, 3.8) is 0 Å². The second kappa shape index (κ2) is 36.9. The molecule has 1 aromatic rings. The molecule has 26 heteroatoms. The fourth-order valence-electron chi connectivity index (χ4n) is 9.86. The Morgan fingerprint density at radius 2 is 1.25 bits per heavy atom. The van der Waals surface area contributed by atoms with E-state index >= 15 is 0 Å². The van der Waals surface area contributed by atoms with Crippen LogP contribution in [0.15, 0.2) is 76.4 Å². The van der Waals surface area contributed by atoms with E-state index in [0.29, 0.717) is 29.7 Å². The summed E-state index contributed by atoms with van der Waals surface area (Å²) in [6, 6.07) is -2.12. The number of amides is 9. The third-order valence-corrected chi connectivity index (χ3v) is 14.4. The Morgan fingerprint density at radius 1 is 0.690 bits per heavy atom. The van der Waals surface area contributed by atoms with Gasteiger partial charge in [0.2, 0.25) is 53.2 Å². The molecular formula is C58H92N16O10. The van der Waals surface area contributed by atoms with E-state index in [-0.39, 0.29) is 115 Å². The van der Waals surface area contributed by atoms with Crippen LogP contribution in [0.5, 0.6) is 0 Å². The van der Waals surface area contributed by atoms with E-state index in [9.17, 15) is 48.3 Å². The highest BCUT2D eigenvalue weighted by molar-refractivity contribution is 6.03. The molecule has 1 saturated heterocycles. The molecule has 4 rings (SSSR count). The lowest BCUT2D eigenvalue weighted by atomic mass is 9.88. The van der Waals surface area contributed by atoms with E-state index in [2.05, 4.69) is 64.8 Å². The van der Waals surface area contributed by atoms with Gasteiger partial charge in [-0.3, -0.25) is 53.1 Å². The lowest BCUT2D eigenvalue weighted by Crippen LogP contribution is -2.61. The number of hydrogen-bond acceptors (Lipinski definition) is 15. The number of aliphatic hydroxyl groups excluding tert-OH is 1. The number of aliphatic hydroxyl groups is 1. The summed E-state index contributed by atoms with van der Waals surface area (Å²) in [5.41, 5.74) is 31.1. The van der Waals surface area contributed by atoms with Gasteiger partial charge in [-0.05, 0) is 94.1 Å². The zero-order valence-electron chi connectivity index (χ0n) is 48.9. The molecule has 26 nitrogen and oxygen atoms in total. The molecule has 9 amide bonds. The highest BCUT2D eigenvalue weighted by Gasteiger charge is 2.37. The van der Waals surface area contributed by atoms with Crippen molar-refractivity contribution in [1.29, 1.82) is 0 Å². The molecule has 1 aromatic carbocycles. The van der Waals surface area contributed by atoms with Gasteiger partial charge in [-0.1, -0.05) is 101 Å². The van der Waals surface area contributed by atoms with Gasteiger partial charge in [0.05, 0.1) is 18.2 Å². The van der Waals surface area contributed by atoms with E-state index in [1.807, 2.05) is 38.2 Å². The first-order valence-corrected chi connectivity index (χ1v) is 29.5. The molecule has 3 aliphatic rings. The fourth-order valence-corrected chi connectivity index (χ4v) is 9.86. The molecule has 2 heterocycles. The topological polar surface area (TPSA) is 437 Å². The number of carbonyl (C=O) groups excluding carboxylic acids is 9. The largest absolute Gasteiger partial charge is 0.393 e. The number of nitrogens with one attached hydrogen (secondary N) is 9. The monoisotopic (exact) mass is 1170 g/mol. The minimum Gasteiger partial charge on any atom is -0.393 e. The Balaban J connectivity index is 1.79. The van der Waals surface area contributed by atoms with Crippen molar-refractivity contribution in [2.75, 3.05) is 32.7 Å². The number of allylic oxidation sites excluding steroid dienone is 4. The fraction of sp³-hybridized carbons (Fsp3) is 0.603. The highest BCUT2D eigenvalue weighted by atomic mass is 16.3. The van der Waals surface area contributed by atoms with Crippen LogP contribution in [-0.2, 0) is 49.6 Å². The summed E-state index contributed by atoms with van der Waals surface area (Å²) < 4.78 is 0. The average Bonchev–Trinajstić information content (AvgIpc) is 4.13. The number of carbonyl (C=O) groups is 9. The molecule has 0 bridgehead atoms. The maximum absolute atomic E-state index is 14.7. The lowest BCUT2D eigenvalue weighted by Gasteiger charge is -2.28. The average molecular weight is 1170 g/mol. The zero-order valence-corrected chi connectivity index (χ0v) is 48.9. The van der Waals surface area contributed by atoms with Crippen molar-refractivity contribution in [2.45, 2.75) is 178 Å². The first kappa shape index (κ1) is 68.9. The van der Waals surface area contributed by atoms with Crippen LogP contribution in [0, 0.1) is 11.8 Å². The van der Waals surface area contributed by atoms with Gasteiger partial charge in [0.1, 0.15) is 48.3 Å². The smallest absolute Gasteiger partial charge is 0.243 e. The van der Waals surface area contributed by atoms with Crippen LogP contribution in [0.4, 0.5) is 0 Å². The van der Waals surface area contributed by atoms with E-state index in [4.69, 9.17) is 28.7 Å². The van der Waals surface area contributed by atoms with Gasteiger partial charge in [0.15, 0.2) is 5.96 Å². The third-order valence-electron chi connectivity index (χ3n) is 14.4. The minimum absolute atomic E-state index is 0.0246. The Morgan fingerprint density at radius 3 is 1.85 bits per heavy atom. The summed E-state index contributed by atoms with van der Waals surface area (Å²) in [5.74, 6) is -7.78. The number of nitrogens with two attached hydrogens (primary N) is 5. The van der Waals surface area contributed by atoms with Gasteiger partial charge in [0.25, 0.3) is 0 Å². The van der Waals surface area contributed by atoms with Crippen LogP contribution in [0.1, 0.15) is 123 Å². The van der Waals surface area contributed by atoms with Crippen molar-refractivity contribution < 1.29 is 48.3 Å². The van der Waals surface area contributed by atoms with Crippen molar-refractivity contribution in [3.8, 4) is 0 Å². The van der Waals surface area contributed by atoms with Crippen molar-refractivity contribution >= 4 is 64.8 Å². The predicted octanol–water partition coefficient (Wildman–Crippen LogP) is -1.64. The number of nitrogens with zero attached hydrogens (tertiary/aromatic N) is 2. The van der Waals surface area contributed by atoms with Crippen LogP contribution < -0.4 is 76.5 Å². The quantitative estimate of drug-likeness (QED) is 0.0267. The molecule has 0 radical (unpaired) electrons. The lowest BCUT2D eigenvalue weighted by molar-refractivity contribution is -0.136. The zero-order chi connectivity index (χ0) is 61.6. The maximum Gasteiger partial charge on any atom is 0.243 e. The van der Waals surface area contributed by atoms with Gasteiger partial charge >= 0.3 is 0 Å². The second-order valence-electron chi connectivity index (χ2n) is 21.9. The molecule has 20 N–H and O–H groups in total. The minimum atomic E-state index is -1.54. The number of unbranched alkanes of at least 4 members (excludes halogenated alkanes) is 4. The van der Waals surface area contributed by atoms with E-state index in [1.165, 1.54) is 0 Å². The number of aliphatic imine (C=N–C) groups is 2. The van der Waals surface area contributed by atoms with Gasteiger partial charge < -0.3 is 81.6 Å². The van der Waals surface area contributed by atoms with Gasteiger partial charge in [-0.25, -0.2) is 0 Å². The third kappa shape index (κ3) is 24.0. The van der Waals surface area contributed by atoms with E-state index < -0.39 is 108 Å².